The van der Waals surface area contributed by atoms with E-state index in [4.69, 9.17) is 65.8 Å². The van der Waals surface area contributed by atoms with Gasteiger partial charge in [0.05, 0.1) is 0 Å². The Morgan fingerprint density at radius 1 is 0.857 bits per heavy atom. The molecule has 0 radical (unpaired) electrons. The van der Waals surface area contributed by atoms with Crippen LogP contribution in [0.15, 0.2) is 36.4 Å². The van der Waals surface area contributed by atoms with E-state index in [1.54, 1.807) is 43.5 Å². The molecule has 0 heterocycles. The fourth-order valence-corrected chi connectivity index (χ4v) is 28.7. The molecule has 0 saturated heterocycles. The van der Waals surface area contributed by atoms with E-state index in [-0.39, 0.29) is 11.9 Å². The Kier molecular flexibility index (Phi) is 19.8. The molecule has 2 unspecified atom stereocenters. The standard InChI is InChI=1S/C19H47O6Si5.C13H8Cl3O2.Y/c1-12-14-15-28(7,8)25-29(9,10)17-22-19(20)18(3)16-30(11,21-4)24-26-23-27(5,6)13-2;1-17-13-7-9(15)3-5-12(13)18-11-4-2-8(14)6-10(11)16;/h18H,2,12-17,26H2,1,3-11H3;2-7H,1H2;. The molecule has 2 rings (SSSR count). The quantitative estimate of drug-likeness (QED) is 0.0620. The molecule has 0 fully saturated rings. The van der Waals surface area contributed by atoms with Crippen molar-refractivity contribution in [1.82, 2.24) is 0 Å². The molecule has 0 spiro atoms. The van der Waals surface area contributed by atoms with Gasteiger partial charge in [0, 0.05) is 0 Å². The van der Waals surface area contributed by atoms with Crippen LogP contribution in [0.25, 0.3) is 0 Å². The van der Waals surface area contributed by atoms with Crippen LogP contribution in [-0.4, -0.2) is 66.2 Å². The zero-order chi connectivity index (χ0) is 36.9. The summed E-state index contributed by atoms with van der Waals surface area (Å²) < 4.78 is 45.0. The van der Waals surface area contributed by atoms with E-state index in [1.165, 1.54) is 6.42 Å². The summed E-state index contributed by atoms with van der Waals surface area (Å²) in [4.78, 5) is 13.0. The number of hydrogen-bond donors (Lipinski definition) is 0. The fourth-order valence-electron chi connectivity index (χ4n) is 5.08. The Balaban J connectivity index is 1.78. The average molecular weight is 903 g/mol. The number of rotatable bonds is 23. The van der Waals surface area contributed by atoms with Crippen LogP contribution in [0.3, 0.4) is 0 Å². The van der Waals surface area contributed by atoms with Crippen molar-refractivity contribution < 1.29 is 65.0 Å². The number of hydrogen-bond acceptors (Lipinski definition) is 8. The Labute approximate surface area is 331 Å². The minimum atomic E-state index is -2.60. The van der Waals surface area contributed by atoms with Gasteiger partial charge in [-0.1, -0.05) is 19.8 Å². The molecule has 275 valence electrons. The number of benzene rings is 2. The summed E-state index contributed by atoms with van der Waals surface area (Å²) in [6.45, 7) is 19.4. The van der Waals surface area contributed by atoms with Gasteiger partial charge in [-0.15, -0.1) is 0 Å². The second kappa shape index (κ2) is 21.3. The summed E-state index contributed by atoms with van der Waals surface area (Å²) in [7, 11) is -8.04. The van der Waals surface area contributed by atoms with Crippen molar-refractivity contribution in [2.45, 2.75) is 93.9 Å². The topological polar surface area (TPSA) is 81.7 Å². The van der Waals surface area contributed by atoms with Crippen LogP contribution in [0.2, 0.25) is 82.3 Å². The molecule has 49 heavy (non-hydrogen) atoms. The molecule has 0 aliphatic carbocycles. The van der Waals surface area contributed by atoms with Crippen molar-refractivity contribution in [2.24, 2.45) is 5.92 Å². The van der Waals surface area contributed by atoms with Crippen molar-refractivity contribution in [3.63, 3.8) is 0 Å². The predicted molar refractivity (Wildman–Crippen MR) is 211 cm³/mol. The van der Waals surface area contributed by atoms with E-state index in [0.717, 1.165) is 21.7 Å². The van der Waals surface area contributed by atoms with Gasteiger partial charge in [-0.25, -0.2) is 0 Å². The molecule has 2 aromatic rings. The molecule has 0 aromatic heterocycles. The van der Waals surface area contributed by atoms with Crippen LogP contribution in [0, 0.1) is 5.92 Å². The van der Waals surface area contributed by atoms with Gasteiger partial charge < -0.3 is 4.12 Å². The van der Waals surface area contributed by atoms with E-state index in [9.17, 15) is 4.79 Å². The van der Waals surface area contributed by atoms with Crippen molar-refractivity contribution in [3.05, 3.63) is 51.5 Å². The molecular weight excluding hydrogens is 848 g/mol. The normalized spacial score (nSPS) is 14.4. The summed E-state index contributed by atoms with van der Waals surface area (Å²) in [5, 5.41) is 1.53. The maximum atomic E-state index is 13.0. The Morgan fingerprint density at radius 3 is 2.14 bits per heavy atom. The number of carbonyl (C=O) groups excluding carboxylic acids is 1. The zero-order valence-electron chi connectivity index (χ0n) is 30.9. The van der Waals surface area contributed by atoms with Gasteiger partial charge in [-0.05, 0) is 32.2 Å². The van der Waals surface area contributed by atoms with E-state index >= 15 is 0 Å². The van der Waals surface area contributed by atoms with Gasteiger partial charge in [0.15, 0.2) is 8.32 Å². The van der Waals surface area contributed by atoms with Gasteiger partial charge in [0.25, 0.3) is 0 Å². The summed E-state index contributed by atoms with van der Waals surface area (Å²) in [5.41, 5.74) is 0. The minimum absolute atomic E-state index is 0.215. The number of halogens is 3. The fraction of sp³-hybridized carbons (Fsp3) is 0.594. The first-order valence-corrected chi connectivity index (χ1v) is 35.0. The summed E-state index contributed by atoms with van der Waals surface area (Å²) in [5.74, 6) is 1.09. The molecule has 0 N–H and O–H groups in total. The number of unbranched alkanes of at least 4 members (excludes halogenated alkanes) is 1. The molecule has 0 aliphatic heterocycles. The predicted octanol–water partition coefficient (Wildman–Crippen LogP) is 10.2. The molecule has 2 atom stereocenters. The maximum absolute atomic E-state index is 13.0. The van der Waals surface area contributed by atoms with Crippen LogP contribution in [0.1, 0.15) is 26.7 Å². The molecular formula is C32H55Cl3O8Si5Y. The Morgan fingerprint density at radius 2 is 1.51 bits per heavy atom. The van der Waals surface area contributed by atoms with Gasteiger partial charge in [-0.3, -0.25) is 0 Å². The molecule has 0 aliphatic rings. The number of ether oxygens (including phenoxy) is 3. The van der Waals surface area contributed by atoms with Crippen molar-refractivity contribution >= 4 is 84.3 Å². The van der Waals surface area contributed by atoms with Crippen LogP contribution in [-0.2, 0) is 55.5 Å². The molecule has 8 nitrogen and oxygen atoms in total. The Hall–Kier alpha value is 0.408. The van der Waals surface area contributed by atoms with Crippen LogP contribution in [0.5, 0.6) is 17.2 Å². The first kappa shape index (κ1) is 45.6. The van der Waals surface area contributed by atoms with Crippen LogP contribution in [0.4, 0.5) is 0 Å². The summed E-state index contributed by atoms with van der Waals surface area (Å²) in [6.07, 6.45) is 2.71. The van der Waals surface area contributed by atoms with Crippen LogP contribution < -0.4 is 9.47 Å². The first-order valence-electron chi connectivity index (χ1n) is 16.9. The first-order chi connectivity index (χ1) is 22.8. The summed E-state index contributed by atoms with van der Waals surface area (Å²) >= 11 is 17.5. The summed E-state index contributed by atoms with van der Waals surface area (Å²) in [6, 6.07) is 13.1. The second-order valence-electron chi connectivity index (χ2n) is 14.3. The van der Waals surface area contributed by atoms with E-state index in [0.29, 0.717) is 48.0 Å². The molecule has 2 aromatic carbocycles. The third-order valence-electron chi connectivity index (χ3n) is 7.90. The molecule has 17 heteroatoms. The second-order valence-corrected chi connectivity index (χ2v) is 37.6. The van der Waals surface area contributed by atoms with Crippen molar-refractivity contribution in [2.75, 3.05) is 16.8 Å². The van der Waals surface area contributed by atoms with Gasteiger partial charge in [0.1, 0.15) is 0 Å². The van der Waals surface area contributed by atoms with E-state index in [2.05, 4.69) is 46.2 Å². The van der Waals surface area contributed by atoms with Gasteiger partial charge >= 0.3 is 262 Å². The zero-order valence-corrected chi connectivity index (χ0v) is 41.4. The monoisotopic (exact) mass is 901 g/mol. The van der Waals surface area contributed by atoms with Gasteiger partial charge in [0.2, 0.25) is 8.32 Å². The third-order valence-corrected chi connectivity index (χ3v) is 29.8. The Bertz CT molecular complexity index is 1340. The van der Waals surface area contributed by atoms with E-state index < -0.39 is 72.7 Å². The molecule has 0 saturated carbocycles. The number of esters is 1. The van der Waals surface area contributed by atoms with E-state index in [1.807, 2.05) is 13.5 Å². The average Bonchev–Trinajstić information content (AvgIpc) is 3.00. The van der Waals surface area contributed by atoms with Crippen molar-refractivity contribution in [1.29, 1.82) is 0 Å². The number of carbonyl (C=O) groups is 1. The van der Waals surface area contributed by atoms with Crippen molar-refractivity contribution in [3.8, 4) is 17.2 Å². The van der Waals surface area contributed by atoms with Crippen LogP contribution >= 0.6 is 34.8 Å². The SMILES string of the molecule is CCCC[Si](C)(C)O[Si](C)(C)COC(=O)C(C)C[Si](C)(OC)O[SiH2]O[Si](C)(C)C[CH2][Y][CH2]Oc1cc(Cl)ccc1Oc1ccc(Cl)cc1Cl. The molecule has 0 bridgehead atoms. The third kappa shape index (κ3) is 17.9. The molecule has 0 amide bonds. The van der Waals surface area contributed by atoms with Gasteiger partial charge in [-0.2, -0.15) is 0 Å².